The lowest BCUT2D eigenvalue weighted by Gasteiger charge is -2.05. The van der Waals surface area contributed by atoms with Crippen LogP contribution in [0.5, 0.6) is 5.75 Å². The summed E-state index contributed by atoms with van der Waals surface area (Å²) >= 11 is 0. The maximum absolute atomic E-state index is 4.68. The van der Waals surface area contributed by atoms with Gasteiger partial charge in [-0.15, -0.1) is 0 Å². The lowest BCUT2D eigenvalue weighted by Crippen LogP contribution is -2.04. The second kappa shape index (κ2) is 18.6. The Labute approximate surface area is 162 Å². The topological polar surface area (TPSA) is 102 Å². The van der Waals surface area contributed by atoms with E-state index in [-0.39, 0.29) is 0 Å². The number of unbranched alkanes of at least 4 members (excludes halogenated alkanes) is 6. The minimum absolute atomic E-state index is 0.366. The van der Waals surface area contributed by atoms with Crippen LogP contribution in [0.1, 0.15) is 58.3 Å². The largest absolute Gasteiger partial charge is 0.311 e. The van der Waals surface area contributed by atoms with Crippen molar-refractivity contribution < 1.29 is 55.1 Å². The van der Waals surface area contributed by atoms with Crippen LogP contribution in [-0.2, 0) is 50.2 Å². The molecule has 0 aliphatic rings. The molecule has 0 saturated heterocycles. The first-order valence-electron chi connectivity index (χ1n) is 8.90. The van der Waals surface area contributed by atoms with Crippen LogP contribution in [0.2, 0.25) is 0 Å². The van der Waals surface area contributed by atoms with Gasteiger partial charge in [-0.25, -0.2) is 0 Å². The molecule has 0 aromatic heterocycles. The minimum atomic E-state index is 0.366. The van der Waals surface area contributed by atoms with E-state index in [4.69, 9.17) is 0 Å². The molecule has 0 amide bonds. The Morgan fingerprint density at radius 2 is 1.21 bits per heavy atom. The summed E-state index contributed by atoms with van der Waals surface area (Å²) in [6.07, 6.45) is 8.91. The standard InChI is InChI=1S/C17H26O11/c1-3-4-5-6-7-8-10-13-16(2)18-20-22-24-26-28-27-25-23-21-19-17-14-11-9-12-15-17/h9,11-12,14-15H,2-8,10,13H2,1H3. The monoisotopic (exact) mass is 406 g/mol. The van der Waals surface area contributed by atoms with Crippen molar-refractivity contribution in [2.24, 2.45) is 0 Å². The van der Waals surface area contributed by atoms with Crippen molar-refractivity contribution >= 4 is 0 Å². The first-order valence-corrected chi connectivity index (χ1v) is 8.90. The number of rotatable bonds is 20. The minimum Gasteiger partial charge on any atom is -0.311 e. The first-order chi connectivity index (χ1) is 13.8. The van der Waals surface area contributed by atoms with Gasteiger partial charge in [0.25, 0.3) is 0 Å². The van der Waals surface area contributed by atoms with E-state index in [1.54, 1.807) is 30.3 Å². The lowest BCUT2D eigenvalue weighted by atomic mass is 10.1. The lowest BCUT2D eigenvalue weighted by molar-refractivity contribution is -0.851. The van der Waals surface area contributed by atoms with Crippen LogP contribution in [0.3, 0.4) is 0 Å². The van der Waals surface area contributed by atoms with E-state index in [0.717, 1.165) is 12.8 Å². The fourth-order valence-electron chi connectivity index (χ4n) is 1.99. The van der Waals surface area contributed by atoms with Gasteiger partial charge in [-0.05, 0) is 18.6 Å². The molecular formula is C17H26O11. The highest BCUT2D eigenvalue weighted by Gasteiger charge is 2.01. The fraction of sp³-hybridized carbons (Fsp3) is 0.529. The molecule has 11 heteroatoms. The molecule has 0 heterocycles. The SMILES string of the molecule is C=C(CCCCCCCCC)OOOOOOOOOOOc1ccccc1. The van der Waals surface area contributed by atoms with Crippen LogP contribution in [0.15, 0.2) is 42.7 Å². The second-order valence-electron chi connectivity index (χ2n) is 5.50. The zero-order chi connectivity index (χ0) is 20.1. The number of hydrogen-bond acceptors (Lipinski definition) is 11. The molecule has 28 heavy (non-hydrogen) atoms. The molecule has 0 unspecified atom stereocenters. The first kappa shape index (κ1) is 24.2. The molecule has 0 N–H and O–H groups in total. The van der Waals surface area contributed by atoms with E-state index in [0.29, 0.717) is 17.9 Å². The third-order valence-electron chi connectivity index (χ3n) is 3.31. The van der Waals surface area contributed by atoms with E-state index in [9.17, 15) is 0 Å². The van der Waals surface area contributed by atoms with E-state index in [2.05, 4.69) is 68.6 Å². The Morgan fingerprint density at radius 1 is 0.679 bits per heavy atom. The zero-order valence-corrected chi connectivity index (χ0v) is 15.7. The summed E-state index contributed by atoms with van der Waals surface area (Å²) in [6.45, 7) is 5.85. The van der Waals surface area contributed by atoms with Crippen LogP contribution < -0.4 is 4.89 Å². The molecule has 0 saturated carbocycles. The van der Waals surface area contributed by atoms with Crippen molar-refractivity contribution in [1.82, 2.24) is 0 Å². The Kier molecular flexibility index (Phi) is 16.1. The Bertz CT molecular complexity index is 471. The summed E-state index contributed by atoms with van der Waals surface area (Å²) in [4.78, 5) is 9.30. The van der Waals surface area contributed by atoms with Gasteiger partial charge in [-0.1, -0.05) is 70.2 Å². The Balaban J connectivity index is 1.76. The highest BCUT2D eigenvalue weighted by atomic mass is 17.9. The third kappa shape index (κ3) is 15.3. The predicted octanol–water partition coefficient (Wildman–Crippen LogP) is 5.04. The highest BCUT2D eigenvalue weighted by Crippen LogP contribution is 2.12. The van der Waals surface area contributed by atoms with E-state index in [1.165, 1.54) is 32.1 Å². The number of hydrogen-bond donors (Lipinski definition) is 0. The van der Waals surface area contributed by atoms with Crippen molar-refractivity contribution in [1.29, 1.82) is 0 Å². The second-order valence-corrected chi connectivity index (χ2v) is 5.50. The number of benzene rings is 1. The number of allylic oxidation sites excluding steroid dienone is 1. The van der Waals surface area contributed by atoms with Crippen LogP contribution in [-0.4, -0.2) is 0 Å². The molecule has 0 bridgehead atoms. The van der Waals surface area contributed by atoms with Crippen molar-refractivity contribution in [3.8, 4) is 5.75 Å². The molecule has 0 aliphatic carbocycles. The van der Waals surface area contributed by atoms with Crippen molar-refractivity contribution in [3.63, 3.8) is 0 Å². The van der Waals surface area contributed by atoms with Crippen LogP contribution in [0.25, 0.3) is 0 Å². The van der Waals surface area contributed by atoms with Crippen molar-refractivity contribution in [2.45, 2.75) is 58.3 Å². The van der Waals surface area contributed by atoms with E-state index in [1.807, 2.05) is 0 Å². The Hall–Kier alpha value is -1.80. The molecule has 0 atom stereocenters. The smallest absolute Gasteiger partial charge is 0.168 e. The van der Waals surface area contributed by atoms with Gasteiger partial charge in [0.15, 0.2) is 5.75 Å². The van der Waals surface area contributed by atoms with Gasteiger partial charge in [0.2, 0.25) is 0 Å². The van der Waals surface area contributed by atoms with Crippen molar-refractivity contribution in [3.05, 3.63) is 42.7 Å². The fourth-order valence-corrected chi connectivity index (χ4v) is 1.99. The average Bonchev–Trinajstić information content (AvgIpc) is 2.72. The summed E-state index contributed by atoms with van der Waals surface area (Å²) in [6, 6.07) is 8.46. The van der Waals surface area contributed by atoms with Gasteiger partial charge in [0.1, 0.15) is 5.76 Å². The van der Waals surface area contributed by atoms with Gasteiger partial charge < -0.3 is 9.78 Å². The van der Waals surface area contributed by atoms with Crippen LogP contribution in [0, 0.1) is 0 Å². The highest BCUT2D eigenvalue weighted by molar-refractivity contribution is 5.19. The van der Waals surface area contributed by atoms with Gasteiger partial charge in [0, 0.05) is 51.8 Å². The van der Waals surface area contributed by atoms with Gasteiger partial charge in [-0.3, -0.25) is 0 Å². The molecule has 160 valence electrons. The molecule has 1 aromatic carbocycles. The molecule has 11 nitrogen and oxygen atoms in total. The summed E-state index contributed by atoms with van der Waals surface area (Å²) in [5.41, 5.74) is 0. The van der Waals surface area contributed by atoms with E-state index >= 15 is 0 Å². The Morgan fingerprint density at radius 3 is 1.86 bits per heavy atom. The summed E-state index contributed by atoms with van der Waals surface area (Å²) in [5.74, 6) is 0.743. The molecule has 1 aromatic rings. The van der Waals surface area contributed by atoms with Gasteiger partial charge >= 0.3 is 0 Å². The molecule has 0 radical (unpaired) electrons. The predicted molar refractivity (Wildman–Crippen MR) is 89.7 cm³/mol. The molecule has 0 aliphatic heterocycles. The quantitative estimate of drug-likeness (QED) is 0.126. The summed E-state index contributed by atoms with van der Waals surface area (Å²) in [5, 5.41) is 35.6. The van der Waals surface area contributed by atoms with E-state index < -0.39 is 0 Å². The zero-order valence-electron chi connectivity index (χ0n) is 15.7. The molecule has 0 fully saturated rings. The summed E-state index contributed by atoms with van der Waals surface area (Å²) in [7, 11) is 0. The maximum Gasteiger partial charge on any atom is 0.168 e. The van der Waals surface area contributed by atoms with Crippen LogP contribution >= 0.6 is 0 Å². The molecule has 1 rings (SSSR count). The number of para-hydroxylation sites is 1. The van der Waals surface area contributed by atoms with Crippen LogP contribution in [0.4, 0.5) is 0 Å². The van der Waals surface area contributed by atoms with Gasteiger partial charge in [0.05, 0.1) is 0 Å². The summed E-state index contributed by atoms with van der Waals surface area (Å²) < 4.78 is 0. The van der Waals surface area contributed by atoms with Gasteiger partial charge in [-0.2, -0.15) is 0 Å². The molecule has 0 spiro atoms. The maximum atomic E-state index is 4.68. The normalized spacial score (nSPS) is 10.8. The van der Waals surface area contributed by atoms with Crippen molar-refractivity contribution in [2.75, 3.05) is 0 Å². The molecular weight excluding hydrogens is 380 g/mol. The average molecular weight is 406 g/mol. The third-order valence-corrected chi connectivity index (χ3v) is 3.31.